The van der Waals surface area contributed by atoms with E-state index in [1.165, 1.54) is 6.92 Å². The zero-order chi connectivity index (χ0) is 27.8. The maximum atomic E-state index is 14.2. The van der Waals surface area contributed by atoms with Crippen LogP contribution >= 0.6 is 0 Å². The molecule has 10 nitrogen and oxygen atoms in total. The van der Waals surface area contributed by atoms with E-state index in [-0.39, 0.29) is 18.4 Å². The van der Waals surface area contributed by atoms with Crippen LogP contribution in [0.4, 0.5) is 0 Å². The molecule has 10 heteroatoms. The lowest BCUT2D eigenvalue weighted by Crippen LogP contribution is -2.66. The van der Waals surface area contributed by atoms with Crippen LogP contribution in [0, 0.1) is 0 Å². The topological polar surface area (TPSA) is 99.5 Å². The molecule has 1 aromatic carbocycles. The minimum atomic E-state index is -0.743. The van der Waals surface area contributed by atoms with Gasteiger partial charge in [-0.1, -0.05) is 5.57 Å². The molecule has 4 aliphatic rings. The molecule has 0 spiro atoms. The third kappa shape index (κ3) is 4.12. The van der Waals surface area contributed by atoms with E-state index in [0.29, 0.717) is 25.0 Å². The molecule has 2 aromatic rings. The van der Waals surface area contributed by atoms with Crippen molar-refractivity contribution < 1.29 is 33.6 Å². The van der Waals surface area contributed by atoms with Gasteiger partial charge in [0.05, 0.1) is 25.2 Å². The van der Waals surface area contributed by atoms with Crippen LogP contribution in [0.1, 0.15) is 71.0 Å². The lowest BCUT2D eigenvalue weighted by molar-refractivity contribution is -0.389. The third-order valence-electron chi connectivity index (χ3n) is 8.23. The number of rotatable bonds is 3. The molecule has 2 saturated heterocycles. The fourth-order valence-electron chi connectivity index (χ4n) is 6.77. The highest BCUT2D eigenvalue weighted by atomic mass is 17.2. The first kappa shape index (κ1) is 25.9. The highest BCUT2D eigenvalue weighted by Crippen LogP contribution is 2.49. The molecule has 0 saturated carbocycles. The summed E-state index contributed by atoms with van der Waals surface area (Å²) in [5.41, 5.74) is 3.19. The largest absolute Gasteiger partial charge is 0.497 e. The van der Waals surface area contributed by atoms with Gasteiger partial charge in [-0.15, -0.1) is 0 Å². The van der Waals surface area contributed by atoms with Gasteiger partial charge >= 0.3 is 5.97 Å². The highest BCUT2D eigenvalue weighted by Gasteiger charge is 2.57. The van der Waals surface area contributed by atoms with Gasteiger partial charge in [-0.25, -0.2) is 9.78 Å². The van der Waals surface area contributed by atoms with E-state index in [2.05, 4.69) is 4.57 Å². The molecule has 4 unspecified atom stereocenters. The van der Waals surface area contributed by atoms with Gasteiger partial charge in [0.15, 0.2) is 6.23 Å². The van der Waals surface area contributed by atoms with E-state index in [0.717, 1.165) is 27.7 Å². The number of esters is 1. The summed E-state index contributed by atoms with van der Waals surface area (Å²) in [4.78, 5) is 55.3. The number of carbonyl (C=O) groups excluding carboxylic acids is 3. The molecule has 6 rings (SSSR count). The molecule has 4 aliphatic heterocycles. The van der Waals surface area contributed by atoms with E-state index in [4.69, 9.17) is 19.2 Å². The van der Waals surface area contributed by atoms with Crippen molar-refractivity contribution in [1.82, 2.24) is 14.4 Å². The Hall–Kier alpha value is -3.37. The molecule has 0 radical (unpaired) electrons. The number of ether oxygens (including phenoxy) is 2. The second-order valence-corrected chi connectivity index (χ2v) is 11.8. The number of amides is 2. The molecule has 2 fully saturated rings. The van der Waals surface area contributed by atoms with Crippen LogP contribution in [0.5, 0.6) is 5.75 Å². The van der Waals surface area contributed by atoms with Crippen LogP contribution < -0.4 is 4.74 Å². The predicted molar refractivity (Wildman–Crippen MR) is 141 cm³/mol. The lowest BCUT2D eigenvalue weighted by atomic mass is 9.83. The fraction of sp³-hybridized carbons (Fsp3) is 0.552. The van der Waals surface area contributed by atoms with E-state index in [9.17, 15) is 14.4 Å². The van der Waals surface area contributed by atoms with Gasteiger partial charge in [-0.2, -0.15) is 0 Å². The summed E-state index contributed by atoms with van der Waals surface area (Å²) in [6.07, 6.45) is 2.05. The Bertz CT molecular complexity index is 1410. The molecular weight excluding hydrogens is 502 g/mol. The third-order valence-corrected chi connectivity index (χ3v) is 8.23. The number of allylic oxidation sites excluding steroid dienone is 1. The average Bonchev–Trinajstić information content (AvgIpc) is 3.42. The van der Waals surface area contributed by atoms with Crippen molar-refractivity contribution in [2.75, 3.05) is 13.7 Å². The van der Waals surface area contributed by atoms with Crippen molar-refractivity contribution in [3.63, 3.8) is 0 Å². The molecule has 0 N–H and O–H groups in total. The van der Waals surface area contributed by atoms with Crippen molar-refractivity contribution in [1.29, 1.82) is 0 Å². The molecule has 0 aliphatic carbocycles. The Morgan fingerprint density at radius 3 is 2.56 bits per heavy atom. The number of hydrogen-bond donors (Lipinski definition) is 0. The Labute approximate surface area is 227 Å². The second kappa shape index (κ2) is 9.09. The maximum Gasteiger partial charge on any atom is 0.302 e. The van der Waals surface area contributed by atoms with E-state index in [1.54, 1.807) is 16.9 Å². The van der Waals surface area contributed by atoms with E-state index >= 15 is 0 Å². The van der Waals surface area contributed by atoms with Crippen LogP contribution in [-0.4, -0.2) is 69.6 Å². The normalized spacial score (nSPS) is 29.2. The second-order valence-electron chi connectivity index (χ2n) is 11.8. The van der Waals surface area contributed by atoms with Crippen LogP contribution in [-0.2, 0) is 35.3 Å². The van der Waals surface area contributed by atoms with Gasteiger partial charge in [0.1, 0.15) is 29.5 Å². The van der Waals surface area contributed by atoms with E-state index < -0.39 is 42.0 Å². The van der Waals surface area contributed by atoms with Gasteiger partial charge in [-0.05, 0) is 51.5 Å². The Morgan fingerprint density at radius 1 is 1.10 bits per heavy atom. The van der Waals surface area contributed by atoms with Crippen molar-refractivity contribution >= 4 is 28.7 Å². The summed E-state index contributed by atoms with van der Waals surface area (Å²) in [5.74, 6) is 0.0685. The molecule has 208 valence electrons. The van der Waals surface area contributed by atoms with Crippen LogP contribution in [0.2, 0.25) is 0 Å². The summed E-state index contributed by atoms with van der Waals surface area (Å²) in [7, 11) is 1.63. The summed E-state index contributed by atoms with van der Waals surface area (Å²) in [6, 6.07) is 4.18. The van der Waals surface area contributed by atoms with Gasteiger partial charge in [-0.3, -0.25) is 14.4 Å². The monoisotopic (exact) mass is 537 g/mol. The predicted octanol–water partition coefficient (Wildman–Crippen LogP) is 3.59. The number of methoxy groups -OCH3 is 1. The maximum absolute atomic E-state index is 14.2. The van der Waals surface area contributed by atoms with Gasteiger partial charge in [0.25, 0.3) is 0 Å². The Morgan fingerprint density at radius 2 is 1.87 bits per heavy atom. The number of piperazine rings is 1. The fourth-order valence-corrected chi connectivity index (χ4v) is 6.77. The summed E-state index contributed by atoms with van der Waals surface area (Å²) in [6.45, 7) is 9.46. The first-order valence-corrected chi connectivity index (χ1v) is 13.5. The van der Waals surface area contributed by atoms with E-state index in [1.807, 2.05) is 52.0 Å². The number of carbonyl (C=O) groups is 3. The number of benzene rings is 1. The molecule has 5 atom stereocenters. The standard InChI is InChI=1S/C29H35N3O7/c1-15(2)9-25-32-21-10-17(36-6)7-8-19(21)20-12-23-27(34)30-14-18(37-16(3)33)11-22(30)28(35)31(23)24(26(20)32)13-29(4,5)39-38-25/h7-10,18,22-25H,11-14H2,1-6H3/t18?,22?,23?,24-,25?/m0/s1. The molecule has 0 bridgehead atoms. The molecule has 1 aromatic heterocycles. The Balaban J connectivity index is 1.55. The summed E-state index contributed by atoms with van der Waals surface area (Å²) < 4.78 is 13.1. The first-order valence-electron chi connectivity index (χ1n) is 13.5. The molecule has 39 heavy (non-hydrogen) atoms. The molecular formula is C29H35N3O7. The van der Waals surface area contributed by atoms with Crippen LogP contribution in [0.25, 0.3) is 10.9 Å². The number of hydrogen-bond acceptors (Lipinski definition) is 7. The van der Waals surface area contributed by atoms with Crippen molar-refractivity contribution in [3.8, 4) is 5.75 Å². The lowest BCUT2D eigenvalue weighted by Gasteiger charge is -2.50. The highest BCUT2D eigenvalue weighted by molar-refractivity contribution is 6.00. The van der Waals surface area contributed by atoms with Gasteiger partial charge < -0.3 is 23.8 Å². The number of fused-ring (bicyclic) bond motifs is 6. The summed E-state index contributed by atoms with van der Waals surface area (Å²) >= 11 is 0. The smallest absolute Gasteiger partial charge is 0.302 e. The van der Waals surface area contributed by atoms with Crippen molar-refractivity contribution in [2.24, 2.45) is 0 Å². The zero-order valence-corrected chi connectivity index (χ0v) is 23.2. The van der Waals surface area contributed by atoms with Crippen molar-refractivity contribution in [2.45, 2.75) is 89.9 Å². The van der Waals surface area contributed by atoms with Crippen LogP contribution in [0.15, 0.2) is 29.8 Å². The quantitative estimate of drug-likeness (QED) is 0.335. The zero-order valence-electron chi connectivity index (χ0n) is 23.2. The van der Waals surface area contributed by atoms with Crippen LogP contribution in [0.3, 0.4) is 0 Å². The van der Waals surface area contributed by atoms with Gasteiger partial charge in [0, 0.05) is 43.3 Å². The summed E-state index contributed by atoms with van der Waals surface area (Å²) in [5, 5.41) is 0.993. The van der Waals surface area contributed by atoms with Crippen molar-refractivity contribution in [3.05, 3.63) is 41.1 Å². The Kier molecular flexibility index (Phi) is 6.03. The first-order chi connectivity index (χ1) is 18.5. The minimum Gasteiger partial charge on any atom is -0.497 e. The minimum absolute atomic E-state index is 0.104. The van der Waals surface area contributed by atoms with Gasteiger partial charge in [0.2, 0.25) is 11.8 Å². The number of nitrogens with zero attached hydrogens (tertiary/aromatic N) is 3. The number of aromatic nitrogens is 1. The molecule has 5 heterocycles. The average molecular weight is 538 g/mol. The molecule has 2 amide bonds. The SMILES string of the molecule is COc1ccc2c3c4n(c2c1)C(C=C(C)C)OOC(C)(C)C[C@@H]4N1C(=O)C2CC(OC(C)=O)CN2C(=O)C1C3.